The van der Waals surface area contributed by atoms with Crippen LogP contribution >= 0.6 is 11.8 Å². The van der Waals surface area contributed by atoms with Gasteiger partial charge in [-0.25, -0.2) is 4.79 Å². The van der Waals surface area contributed by atoms with Crippen LogP contribution in [0.2, 0.25) is 0 Å². The highest BCUT2D eigenvalue weighted by Gasteiger charge is 2.64. The van der Waals surface area contributed by atoms with Crippen LogP contribution in [0.25, 0.3) is 0 Å². The van der Waals surface area contributed by atoms with E-state index in [2.05, 4.69) is 5.32 Å². The van der Waals surface area contributed by atoms with Crippen LogP contribution < -0.4 is 5.32 Å². The first-order chi connectivity index (χ1) is 13.2. The third-order valence-corrected chi connectivity index (χ3v) is 7.24. The largest absolute Gasteiger partial charge is 0.480 e. The average molecular weight is 404 g/mol. The third-order valence-electron chi connectivity index (χ3n) is 5.67. The molecule has 2 saturated heterocycles. The van der Waals surface area contributed by atoms with E-state index >= 15 is 0 Å². The number of amides is 2. The number of carboxylic acid groups (broad SMARTS) is 1. The predicted molar refractivity (Wildman–Crippen MR) is 104 cm³/mol. The Hall–Kier alpha value is -2.06. The number of nitrogens with one attached hydrogen (secondary N) is 1. The minimum atomic E-state index is -1.02. The normalized spacial score (nSPS) is 30.7. The Kier molecular flexibility index (Phi) is 4.66. The smallest absolute Gasteiger partial charge is 0.327 e. The molecule has 7 nitrogen and oxygen atoms in total. The summed E-state index contributed by atoms with van der Waals surface area (Å²) in [6.45, 7) is 6.07. The van der Waals surface area contributed by atoms with E-state index in [0.29, 0.717) is 6.61 Å². The lowest BCUT2D eigenvalue weighted by molar-refractivity contribution is -0.161. The fraction of sp³-hybridized carbons (Fsp3) is 0.550. The molecule has 2 amide bonds. The Labute approximate surface area is 167 Å². The van der Waals surface area contributed by atoms with Crippen LogP contribution in [0.1, 0.15) is 43.1 Å². The molecule has 3 aliphatic heterocycles. The number of hydrogen-bond donors (Lipinski definition) is 2. The number of ether oxygens (including phenoxy) is 1. The Morgan fingerprint density at radius 1 is 1.36 bits per heavy atom. The molecular weight excluding hydrogens is 380 g/mol. The predicted octanol–water partition coefficient (Wildman–Crippen LogP) is 1.63. The number of fused-ring (bicyclic) bond motifs is 2. The summed E-state index contributed by atoms with van der Waals surface area (Å²) >= 11 is 1.42. The van der Waals surface area contributed by atoms with Crippen LogP contribution in [0.15, 0.2) is 18.2 Å². The van der Waals surface area contributed by atoms with E-state index in [1.54, 1.807) is 0 Å². The monoisotopic (exact) mass is 404 g/mol. The zero-order valence-electron chi connectivity index (χ0n) is 16.1. The number of benzene rings is 1. The molecule has 2 N–H and O–H groups in total. The fourth-order valence-electron chi connectivity index (χ4n) is 4.33. The molecule has 0 aliphatic carbocycles. The molecule has 2 fully saturated rings. The van der Waals surface area contributed by atoms with Crippen molar-refractivity contribution in [2.75, 3.05) is 6.61 Å². The van der Waals surface area contributed by atoms with E-state index in [1.807, 2.05) is 39.0 Å². The van der Waals surface area contributed by atoms with Crippen molar-refractivity contribution in [3.05, 3.63) is 34.9 Å². The van der Waals surface area contributed by atoms with Crippen molar-refractivity contribution in [3.63, 3.8) is 0 Å². The molecule has 4 rings (SSSR count). The number of aliphatic carboxylic acids is 1. The number of hydrogen-bond acceptors (Lipinski definition) is 5. The van der Waals surface area contributed by atoms with Crippen molar-refractivity contribution < 1.29 is 24.2 Å². The van der Waals surface area contributed by atoms with Gasteiger partial charge >= 0.3 is 5.97 Å². The first-order valence-corrected chi connectivity index (χ1v) is 10.3. The first kappa shape index (κ1) is 19.3. The summed E-state index contributed by atoms with van der Waals surface area (Å²) in [5, 5.41) is 12.0. The molecule has 28 heavy (non-hydrogen) atoms. The molecule has 1 aromatic rings. The molecule has 0 aromatic heterocycles. The van der Waals surface area contributed by atoms with Crippen LogP contribution in [0.3, 0.4) is 0 Å². The van der Waals surface area contributed by atoms with Gasteiger partial charge in [-0.15, -0.1) is 11.8 Å². The molecular formula is C20H24N2O5S. The number of carbonyl (C=O) groups is 3. The van der Waals surface area contributed by atoms with Crippen molar-refractivity contribution in [2.45, 2.75) is 61.9 Å². The van der Waals surface area contributed by atoms with E-state index in [0.717, 1.165) is 29.5 Å². The van der Waals surface area contributed by atoms with Crippen molar-refractivity contribution in [3.8, 4) is 0 Å². The standard InChI is InChI=1S/C20H24N2O5S/c1-10-6-7-11-5-4-8-27-14(12(11)9-10)16(23)21-13-17(24)22-15(19(25)26)20(2,3)28-18(13)22/h6-7,9,13-15,18H,4-5,8H2,1-3H3,(H,21,23)(H,25,26)/t13-,14+,15+,18+/m0/s1. The fourth-order valence-corrected chi connectivity index (χ4v) is 5.96. The zero-order chi connectivity index (χ0) is 20.2. The number of carbonyl (C=O) groups excluding carboxylic acids is 2. The maximum Gasteiger partial charge on any atom is 0.327 e. The second-order valence-corrected chi connectivity index (χ2v) is 9.91. The minimum absolute atomic E-state index is 0.344. The van der Waals surface area contributed by atoms with Gasteiger partial charge in [0, 0.05) is 11.4 Å². The number of carboxylic acids is 1. The number of β-lactam (4-membered cyclic amide) rings is 1. The third kappa shape index (κ3) is 2.99. The Balaban J connectivity index is 1.54. The maximum absolute atomic E-state index is 13.0. The quantitative estimate of drug-likeness (QED) is 0.744. The molecule has 150 valence electrons. The van der Waals surface area contributed by atoms with Gasteiger partial charge in [-0.3, -0.25) is 9.59 Å². The number of nitrogens with zero attached hydrogens (tertiary/aromatic N) is 1. The molecule has 0 bridgehead atoms. The highest BCUT2D eigenvalue weighted by atomic mass is 32.2. The molecule has 3 aliphatic rings. The first-order valence-electron chi connectivity index (χ1n) is 9.45. The SMILES string of the molecule is Cc1ccc2c(c1)[C@H](C(=O)N[C@H]1C(=O)N3[C@@H]1SC(C)(C)[C@H]3C(=O)O)OCCC2. The van der Waals surface area contributed by atoms with E-state index in [-0.39, 0.29) is 17.2 Å². The van der Waals surface area contributed by atoms with Gasteiger partial charge in [-0.1, -0.05) is 23.8 Å². The molecule has 0 unspecified atom stereocenters. The van der Waals surface area contributed by atoms with Gasteiger partial charge < -0.3 is 20.1 Å². The lowest BCUT2D eigenvalue weighted by Crippen LogP contribution is -2.71. The van der Waals surface area contributed by atoms with Gasteiger partial charge in [-0.2, -0.15) is 0 Å². The van der Waals surface area contributed by atoms with Crippen molar-refractivity contribution in [2.24, 2.45) is 0 Å². The summed E-state index contributed by atoms with van der Waals surface area (Å²) in [6, 6.07) is 4.41. The molecule has 1 aromatic carbocycles. The minimum Gasteiger partial charge on any atom is -0.480 e. The summed E-state index contributed by atoms with van der Waals surface area (Å²) in [7, 11) is 0. The lowest BCUT2D eigenvalue weighted by atomic mass is 9.95. The molecule has 0 spiro atoms. The van der Waals surface area contributed by atoms with Gasteiger partial charge in [0.05, 0.1) is 0 Å². The molecule has 0 saturated carbocycles. The van der Waals surface area contributed by atoms with Gasteiger partial charge in [0.25, 0.3) is 5.91 Å². The van der Waals surface area contributed by atoms with Gasteiger partial charge in [0.1, 0.15) is 17.5 Å². The van der Waals surface area contributed by atoms with Crippen LogP contribution in [0, 0.1) is 6.92 Å². The van der Waals surface area contributed by atoms with E-state index in [9.17, 15) is 19.5 Å². The van der Waals surface area contributed by atoms with Crippen LogP contribution in [-0.4, -0.2) is 56.6 Å². The zero-order valence-corrected chi connectivity index (χ0v) is 16.9. The summed E-state index contributed by atoms with van der Waals surface area (Å²) in [6.07, 6.45) is 0.930. The topological polar surface area (TPSA) is 95.9 Å². The summed E-state index contributed by atoms with van der Waals surface area (Å²) in [5.41, 5.74) is 2.99. The molecule has 0 radical (unpaired) electrons. The highest BCUT2D eigenvalue weighted by molar-refractivity contribution is 8.01. The molecule has 4 atom stereocenters. The van der Waals surface area contributed by atoms with E-state index in [1.165, 1.54) is 16.7 Å². The van der Waals surface area contributed by atoms with E-state index < -0.39 is 28.9 Å². The van der Waals surface area contributed by atoms with E-state index in [4.69, 9.17) is 4.74 Å². The molecule has 3 heterocycles. The Morgan fingerprint density at radius 2 is 2.11 bits per heavy atom. The van der Waals surface area contributed by atoms with Gasteiger partial charge in [0.2, 0.25) is 5.91 Å². The van der Waals surface area contributed by atoms with Crippen molar-refractivity contribution >= 4 is 29.5 Å². The number of thioether (sulfide) groups is 1. The lowest BCUT2D eigenvalue weighted by Gasteiger charge is -2.43. The summed E-state index contributed by atoms with van der Waals surface area (Å²) in [4.78, 5) is 38.6. The van der Waals surface area contributed by atoms with Gasteiger partial charge in [0.15, 0.2) is 6.10 Å². The van der Waals surface area contributed by atoms with Crippen molar-refractivity contribution in [1.82, 2.24) is 10.2 Å². The van der Waals surface area contributed by atoms with Crippen LogP contribution in [0.5, 0.6) is 0 Å². The van der Waals surface area contributed by atoms with Crippen LogP contribution in [0.4, 0.5) is 0 Å². The average Bonchev–Trinajstić information content (AvgIpc) is 2.75. The van der Waals surface area contributed by atoms with Gasteiger partial charge in [-0.05, 0) is 44.7 Å². The summed E-state index contributed by atoms with van der Waals surface area (Å²) in [5.74, 6) is -1.71. The number of aryl methyl sites for hydroxylation is 2. The van der Waals surface area contributed by atoms with Crippen molar-refractivity contribution in [1.29, 1.82) is 0 Å². The maximum atomic E-state index is 13.0. The van der Waals surface area contributed by atoms with Crippen LogP contribution in [-0.2, 0) is 25.5 Å². The number of rotatable bonds is 3. The highest BCUT2D eigenvalue weighted by Crippen LogP contribution is 2.50. The second kappa shape index (κ2) is 6.77. The molecule has 8 heteroatoms. The second-order valence-electron chi connectivity index (χ2n) is 8.14. The Bertz CT molecular complexity index is 855. The Morgan fingerprint density at radius 3 is 2.82 bits per heavy atom. The summed E-state index contributed by atoms with van der Waals surface area (Å²) < 4.78 is 5.21.